The molecule has 0 unspecified atom stereocenters. The van der Waals surface area contributed by atoms with E-state index in [1.807, 2.05) is 0 Å². The first kappa shape index (κ1) is 18.5. The van der Waals surface area contributed by atoms with Gasteiger partial charge < -0.3 is 5.73 Å². The third-order valence-electron chi connectivity index (χ3n) is 2.75. The van der Waals surface area contributed by atoms with Crippen LogP contribution in [0, 0.1) is 11.6 Å². The van der Waals surface area contributed by atoms with Crippen molar-refractivity contribution in [3.63, 3.8) is 0 Å². The molecule has 0 saturated carbocycles. The van der Waals surface area contributed by atoms with E-state index in [4.69, 9.17) is 5.73 Å². The summed E-state index contributed by atoms with van der Waals surface area (Å²) in [7, 11) is 0. The molecule has 0 fully saturated rings. The van der Waals surface area contributed by atoms with Crippen LogP contribution >= 0.6 is 28.3 Å². The van der Waals surface area contributed by atoms with Crippen molar-refractivity contribution >= 4 is 28.3 Å². The first-order valence-corrected chi connectivity index (χ1v) is 6.54. The first-order chi connectivity index (χ1) is 9.97. The minimum absolute atomic E-state index is 0. The number of halogens is 5. The molecular formula is C12H11BrClF3N4O. The van der Waals surface area contributed by atoms with E-state index in [0.29, 0.717) is 6.33 Å². The molecule has 5 nitrogen and oxygen atoms in total. The van der Waals surface area contributed by atoms with E-state index < -0.39 is 17.3 Å². The Bertz CT molecular complexity index is 736. The SMILES string of the molecule is Cl.NC/C(=C\F)Cn1ncn(-c2cc(F)c(Br)c(F)c2)c1=O. The number of hydrogen-bond acceptors (Lipinski definition) is 3. The van der Waals surface area contributed by atoms with Crippen molar-refractivity contribution in [2.45, 2.75) is 6.54 Å². The molecule has 1 aromatic carbocycles. The van der Waals surface area contributed by atoms with Crippen molar-refractivity contribution in [1.29, 1.82) is 0 Å². The summed E-state index contributed by atoms with van der Waals surface area (Å²) in [6, 6.07) is 1.96. The van der Waals surface area contributed by atoms with Crippen LogP contribution in [0.5, 0.6) is 0 Å². The summed E-state index contributed by atoms with van der Waals surface area (Å²) in [4.78, 5) is 12.1. The van der Waals surface area contributed by atoms with Gasteiger partial charge in [0.2, 0.25) is 0 Å². The van der Waals surface area contributed by atoms with E-state index in [1.54, 1.807) is 0 Å². The Morgan fingerprint density at radius 3 is 2.45 bits per heavy atom. The van der Waals surface area contributed by atoms with Crippen molar-refractivity contribution in [2.75, 3.05) is 6.54 Å². The number of rotatable bonds is 4. The Kier molecular flexibility index (Phi) is 6.39. The molecule has 1 heterocycles. The van der Waals surface area contributed by atoms with Gasteiger partial charge >= 0.3 is 5.69 Å². The minimum Gasteiger partial charge on any atom is -0.327 e. The van der Waals surface area contributed by atoms with Gasteiger partial charge in [-0.15, -0.1) is 12.4 Å². The third kappa shape index (κ3) is 3.60. The van der Waals surface area contributed by atoms with E-state index in [1.165, 1.54) is 0 Å². The van der Waals surface area contributed by atoms with Crippen LogP contribution in [0.4, 0.5) is 13.2 Å². The number of aromatic nitrogens is 3. The number of benzene rings is 1. The maximum Gasteiger partial charge on any atom is 0.350 e. The van der Waals surface area contributed by atoms with Crippen molar-refractivity contribution in [3.05, 3.63) is 57.0 Å². The van der Waals surface area contributed by atoms with Gasteiger partial charge in [0.1, 0.15) is 18.0 Å². The van der Waals surface area contributed by atoms with Crippen LogP contribution in [-0.4, -0.2) is 20.9 Å². The molecule has 0 aliphatic heterocycles. The van der Waals surface area contributed by atoms with E-state index in [-0.39, 0.29) is 41.2 Å². The van der Waals surface area contributed by atoms with Gasteiger partial charge in [0.15, 0.2) is 0 Å². The van der Waals surface area contributed by atoms with Gasteiger partial charge in [-0.2, -0.15) is 5.10 Å². The predicted octanol–water partition coefficient (Wildman–Crippen LogP) is 2.31. The maximum absolute atomic E-state index is 13.5. The first-order valence-electron chi connectivity index (χ1n) is 5.75. The monoisotopic (exact) mass is 398 g/mol. The van der Waals surface area contributed by atoms with Gasteiger partial charge in [0.05, 0.1) is 23.0 Å². The number of hydrogen-bond donors (Lipinski definition) is 1. The Labute approximate surface area is 137 Å². The summed E-state index contributed by atoms with van der Waals surface area (Å²) in [5.41, 5.74) is 4.77. The molecule has 10 heteroatoms. The van der Waals surface area contributed by atoms with E-state index in [0.717, 1.165) is 27.7 Å². The highest BCUT2D eigenvalue weighted by molar-refractivity contribution is 9.10. The molecule has 0 saturated heterocycles. The van der Waals surface area contributed by atoms with Crippen LogP contribution in [0.15, 0.2) is 39.6 Å². The lowest BCUT2D eigenvalue weighted by molar-refractivity contribution is 0.569. The number of nitrogens with zero attached hydrogens (tertiary/aromatic N) is 3. The summed E-state index contributed by atoms with van der Waals surface area (Å²) in [6.45, 7) is -0.211. The molecule has 0 aliphatic carbocycles. The molecule has 1 aromatic heterocycles. The molecule has 2 aromatic rings. The van der Waals surface area contributed by atoms with Crippen molar-refractivity contribution in [2.24, 2.45) is 5.73 Å². The zero-order chi connectivity index (χ0) is 15.6. The van der Waals surface area contributed by atoms with Gasteiger partial charge in [-0.05, 0) is 33.6 Å². The average molecular weight is 400 g/mol. The molecule has 0 amide bonds. The fourth-order valence-corrected chi connectivity index (χ4v) is 1.87. The Morgan fingerprint density at radius 1 is 1.36 bits per heavy atom. The second-order valence-corrected chi connectivity index (χ2v) is 4.93. The smallest absolute Gasteiger partial charge is 0.327 e. The maximum atomic E-state index is 13.5. The standard InChI is InChI=1S/C12H10BrF3N4O.ClH/c13-11-9(15)1-8(2-10(11)16)19-6-18-20(12(19)21)5-7(3-14)4-17;/h1-3,6H,4-5,17H2;1H/b7-3+;. The molecule has 2 rings (SSSR count). The molecule has 0 atom stereocenters. The lowest BCUT2D eigenvalue weighted by atomic mass is 10.3. The molecular weight excluding hydrogens is 389 g/mol. The Hall–Kier alpha value is -1.58. The quantitative estimate of drug-likeness (QED) is 0.803. The fourth-order valence-electron chi connectivity index (χ4n) is 1.64. The highest BCUT2D eigenvalue weighted by Gasteiger charge is 2.13. The Morgan fingerprint density at radius 2 is 1.95 bits per heavy atom. The second-order valence-electron chi connectivity index (χ2n) is 4.14. The molecule has 0 bridgehead atoms. The molecule has 22 heavy (non-hydrogen) atoms. The minimum atomic E-state index is -0.851. The lowest BCUT2D eigenvalue weighted by Crippen LogP contribution is -2.26. The van der Waals surface area contributed by atoms with Gasteiger partial charge in [-0.25, -0.2) is 27.2 Å². The zero-order valence-corrected chi connectivity index (χ0v) is 13.4. The largest absolute Gasteiger partial charge is 0.350 e. The summed E-state index contributed by atoms with van der Waals surface area (Å²) in [6.07, 6.45) is 1.39. The summed E-state index contributed by atoms with van der Waals surface area (Å²) in [5, 5.41) is 3.76. The van der Waals surface area contributed by atoms with Crippen LogP contribution in [0.1, 0.15) is 0 Å². The highest BCUT2D eigenvalue weighted by atomic mass is 79.9. The van der Waals surface area contributed by atoms with Crippen LogP contribution in [-0.2, 0) is 6.54 Å². The average Bonchev–Trinajstić information content (AvgIpc) is 2.82. The third-order valence-corrected chi connectivity index (χ3v) is 3.51. The highest BCUT2D eigenvalue weighted by Crippen LogP contribution is 2.22. The molecule has 2 N–H and O–H groups in total. The normalized spacial score (nSPS) is 11.4. The number of nitrogens with two attached hydrogens (primary N) is 1. The van der Waals surface area contributed by atoms with Crippen molar-refractivity contribution < 1.29 is 13.2 Å². The predicted molar refractivity (Wildman–Crippen MR) is 80.9 cm³/mol. The Balaban J connectivity index is 0.00000242. The molecule has 0 aliphatic rings. The van der Waals surface area contributed by atoms with Crippen LogP contribution < -0.4 is 11.4 Å². The van der Waals surface area contributed by atoms with Gasteiger partial charge in [-0.3, -0.25) is 0 Å². The zero-order valence-electron chi connectivity index (χ0n) is 11.0. The van der Waals surface area contributed by atoms with Crippen molar-refractivity contribution in [1.82, 2.24) is 14.3 Å². The van der Waals surface area contributed by atoms with Gasteiger partial charge in [-0.1, -0.05) is 0 Å². The van der Waals surface area contributed by atoms with Gasteiger partial charge in [0, 0.05) is 6.54 Å². The van der Waals surface area contributed by atoms with E-state index in [2.05, 4.69) is 21.0 Å². The molecule has 120 valence electrons. The van der Waals surface area contributed by atoms with E-state index in [9.17, 15) is 18.0 Å². The molecule has 0 spiro atoms. The fraction of sp³-hybridized carbons (Fsp3) is 0.167. The van der Waals surface area contributed by atoms with Crippen LogP contribution in [0.3, 0.4) is 0 Å². The van der Waals surface area contributed by atoms with Crippen LogP contribution in [0.2, 0.25) is 0 Å². The summed E-state index contributed by atoms with van der Waals surface area (Å²) >= 11 is 2.74. The lowest BCUT2D eigenvalue weighted by Gasteiger charge is -2.04. The summed E-state index contributed by atoms with van der Waals surface area (Å²) in [5.74, 6) is -1.70. The summed E-state index contributed by atoms with van der Waals surface area (Å²) < 4.78 is 41.0. The van der Waals surface area contributed by atoms with E-state index >= 15 is 0 Å². The second kappa shape index (κ2) is 7.61. The van der Waals surface area contributed by atoms with Gasteiger partial charge in [0.25, 0.3) is 0 Å². The van der Waals surface area contributed by atoms with Crippen molar-refractivity contribution in [3.8, 4) is 5.69 Å². The topological polar surface area (TPSA) is 65.8 Å². The van der Waals surface area contributed by atoms with Crippen LogP contribution in [0.25, 0.3) is 5.69 Å². The molecule has 0 radical (unpaired) electrons.